The molecule has 0 bridgehead atoms. The van der Waals surface area contributed by atoms with Crippen LogP contribution in [0, 0.1) is 6.92 Å². The predicted molar refractivity (Wildman–Crippen MR) is 106 cm³/mol. The van der Waals surface area contributed by atoms with Gasteiger partial charge in [0.25, 0.3) is 0 Å². The number of H-pyrrole nitrogens is 1. The molecule has 27 heavy (non-hydrogen) atoms. The minimum absolute atomic E-state index is 0.816. The monoisotopic (exact) mass is 351 g/mol. The van der Waals surface area contributed by atoms with Crippen molar-refractivity contribution in [1.82, 2.24) is 24.6 Å². The zero-order valence-corrected chi connectivity index (χ0v) is 14.8. The van der Waals surface area contributed by atoms with Crippen LogP contribution in [0.25, 0.3) is 39.7 Å². The molecule has 0 saturated carbocycles. The van der Waals surface area contributed by atoms with E-state index in [1.165, 1.54) is 5.56 Å². The van der Waals surface area contributed by atoms with Gasteiger partial charge in [0.2, 0.25) is 0 Å². The van der Waals surface area contributed by atoms with Crippen molar-refractivity contribution in [3.8, 4) is 34.0 Å². The smallest absolute Gasteiger partial charge is 0.168 e. The van der Waals surface area contributed by atoms with E-state index in [2.05, 4.69) is 45.3 Å². The highest BCUT2D eigenvalue weighted by Crippen LogP contribution is 2.25. The number of pyridine rings is 1. The fourth-order valence-electron chi connectivity index (χ4n) is 3.24. The largest absolute Gasteiger partial charge is 0.338 e. The first kappa shape index (κ1) is 15.5. The number of aromatic nitrogens is 5. The summed E-state index contributed by atoms with van der Waals surface area (Å²) in [5, 5.41) is 8.63. The first-order chi connectivity index (χ1) is 13.3. The number of nitrogens with one attached hydrogen (secondary N) is 1. The van der Waals surface area contributed by atoms with Gasteiger partial charge < -0.3 is 4.98 Å². The topological polar surface area (TPSA) is 58.9 Å². The van der Waals surface area contributed by atoms with E-state index >= 15 is 0 Å². The molecule has 0 unspecified atom stereocenters. The van der Waals surface area contributed by atoms with Crippen LogP contribution in [0.1, 0.15) is 5.56 Å². The average molecular weight is 351 g/mol. The predicted octanol–water partition coefficient (Wildman–Crippen LogP) is 4.76. The molecule has 5 nitrogen and oxygen atoms in total. The number of hydrogen-bond acceptors (Lipinski definition) is 3. The maximum absolute atomic E-state index is 4.56. The van der Waals surface area contributed by atoms with Crippen LogP contribution >= 0.6 is 0 Å². The van der Waals surface area contributed by atoms with Crippen molar-refractivity contribution < 1.29 is 0 Å². The van der Waals surface area contributed by atoms with E-state index in [0.29, 0.717) is 0 Å². The minimum Gasteiger partial charge on any atom is -0.338 e. The molecule has 2 aromatic carbocycles. The van der Waals surface area contributed by atoms with E-state index < -0.39 is 0 Å². The molecule has 0 radical (unpaired) electrons. The van der Waals surface area contributed by atoms with Crippen molar-refractivity contribution >= 4 is 5.65 Å². The van der Waals surface area contributed by atoms with E-state index in [9.17, 15) is 0 Å². The molecule has 3 aromatic heterocycles. The van der Waals surface area contributed by atoms with Crippen molar-refractivity contribution in [3.05, 3.63) is 84.7 Å². The molecule has 0 aliphatic heterocycles. The summed E-state index contributed by atoms with van der Waals surface area (Å²) in [6, 6.07) is 22.4. The van der Waals surface area contributed by atoms with Crippen LogP contribution < -0.4 is 0 Å². The highest BCUT2D eigenvalue weighted by Gasteiger charge is 2.11. The molecule has 1 N–H and O–H groups in total. The van der Waals surface area contributed by atoms with Gasteiger partial charge >= 0.3 is 0 Å². The van der Waals surface area contributed by atoms with Gasteiger partial charge in [0, 0.05) is 22.9 Å². The molecule has 0 amide bonds. The van der Waals surface area contributed by atoms with Crippen molar-refractivity contribution in [3.63, 3.8) is 0 Å². The molecule has 5 rings (SSSR count). The van der Waals surface area contributed by atoms with Crippen LogP contribution in [0.3, 0.4) is 0 Å². The van der Waals surface area contributed by atoms with Crippen molar-refractivity contribution in [1.29, 1.82) is 0 Å². The normalized spacial score (nSPS) is 11.1. The van der Waals surface area contributed by atoms with Gasteiger partial charge in [0.05, 0.1) is 11.9 Å². The Morgan fingerprint density at radius 2 is 1.67 bits per heavy atom. The fourth-order valence-corrected chi connectivity index (χ4v) is 3.24. The van der Waals surface area contributed by atoms with Crippen LogP contribution in [-0.2, 0) is 0 Å². The zero-order valence-electron chi connectivity index (χ0n) is 14.8. The molecular weight excluding hydrogens is 334 g/mol. The molecule has 0 fully saturated rings. The molecule has 0 aliphatic rings. The first-order valence-corrected chi connectivity index (χ1v) is 8.80. The number of nitrogens with zero attached hydrogens (tertiary/aromatic N) is 4. The maximum Gasteiger partial charge on any atom is 0.168 e. The summed E-state index contributed by atoms with van der Waals surface area (Å²) in [6.45, 7) is 2.08. The van der Waals surface area contributed by atoms with Crippen molar-refractivity contribution in [2.45, 2.75) is 6.92 Å². The Morgan fingerprint density at radius 3 is 2.52 bits per heavy atom. The molecular formula is C22H17N5. The number of fused-ring (bicyclic) bond motifs is 1. The Balaban J connectivity index is 1.58. The van der Waals surface area contributed by atoms with Crippen LogP contribution in [0.15, 0.2) is 79.1 Å². The van der Waals surface area contributed by atoms with E-state index in [1.807, 2.05) is 65.3 Å². The first-order valence-electron chi connectivity index (χ1n) is 8.80. The van der Waals surface area contributed by atoms with Gasteiger partial charge in [-0.15, -0.1) is 10.2 Å². The molecule has 0 atom stereocenters. The second kappa shape index (κ2) is 6.21. The Kier molecular flexibility index (Phi) is 3.57. The van der Waals surface area contributed by atoms with Crippen LogP contribution in [-0.4, -0.2) is 24.6 Å². The van der Waals surface area contributed by atoms with Gasteiger partial charge in [-0.1, -0.05) is 54.1 Å². The van der Waals surface area contributed by atoms with Crippen molar-refractivity contribution in [2.75, 3.05) is 0 Å². The van der Waals surface area contributed by atoms with Crippen molar-refractivity contribution in [2.24, 2.45) is 0 Å². The lowest BCUT2D eigenvalue weighted by atomic mass is 10.1. The number of rotatable bonds is 3. The average Bonchev–Trinajstić information content (AvgIpc) is 3.36. The van der Waals surface area contributed by atoms with Crippen LogP contribution in [0.2, 0.25) is 0 Å². The Hall–Kier alpha value is -3.73. The second-order valence-corrected chi connectivity index (χ2v) is 6.55. The lowest BCUT2D eigenvalue weighted by molar-refractivity contribution is 1.11. The summed E-state index contributed by atoms with van der Waals surface area (Å²) < 4.78 is 2.01. The molecule has 130 valence electrons. The summed E-state index contributed by atoms with van der Waals surface area (Å²) in [7, 11) is 0. The summed E-state index contributed by atoms with van der Waals surface area (Å²) in [5.41, 5.74) is 6.13. The van der Waals surface area contributed by atoms with E-state index in [-0.39, 0.29) is 0 Å². The number of benzene rings is 2. The summed E-state index contributed by atoms with van der Waals surface area (Å²) in [6.07, 6.45) is 3.91. The Morgan fingerprint density at radius 1 is 0.815 bits per heavy atom. The highest BCUT2D eigenvalue weighted by molar-refractivity contribution is 5.67. The lowest BCUT2D eigenvalue weighted by Crippen LogP contribution is -1.91. The third-order valence-corrected chi connectivity index (χ3v) is 4.61. The number of imidazole rings is 1. The quantitative estimate of drug-likeness (QED) is 0.510. The van der Waals surface area contributed by atoms with E-state index in [1.54, 1.807) is 0 Å². The lowest BCUT2D eigenvalue weighted by Gasteiger charge is -2.03. The van der Waals surface area contributed by atoms with Crippen LogP contribution in [0.5, 0.6) is 0 Å². The minimum atomic E-state index is 0.816. The Labute approximate surface area is 156 Å². The van der Waals surface area contributed by atoms with Gasteiger partial charge in [-0.05, 0) is 25.1 Å². The SMILES string of the molecule is Cc1cccc(-c2ncc(-c3ccc4nnc(-c5ccccc5)n4c3)[nH]2)c1. The van der Waals surface area contributed by atoms with E-state index in [0.717, 1.165) is 39.7 Å². The Bertz CT molecular complexity index is 1230. The standard InChI is InChI=1S/C22H17N5/c1-15-6-5-9-17(12-15)21-23-13-19(24-21)18-10-11-20-25-26-22(27(20)14-18)16-7-3-2-4-8-16/h2-14H,1H3,(H,23,24). The van der Waals surface area contributed by atoms with Gasteiger partial charge in [-0.3, -0.25) is 4.40 Å². The van der Waals surface area contributed by atoms with Gasteiger partial charge in [-0.2, -0.15) is 0 Å². The third kappa shape index (κ3) is 2.79. The van der Waals surface area contributed by atoms with Gasteiger partial charge in [0.1, 0.15) is 5.82 Å². The molecule has 0 spiro atoms. The summed E-state index contributed by atoms with van der Waals surface area (Å²) in [4.78, 5) is 7.98. The molecule has 3 heterocycles. The highest BCUT2D eigenvalue weighted by atomic mass is 15.2. The second-order valence-electron chi connectivity index (χ2n) is 6.55. The van der Waals surface area contributed by atoms with Gasteiger partial charge in [-0.25, -0.2) is 4.98 Å². The number of aryl methyl sites for hydroxylation is 1. The molecule has 0 aliphatic carbocycles. The molecule has 5 heteroatoms. The summed E-state index contributed by atoms with van der Waals surface area (Å²) in [5.74, 6) is 1.69. The third-order valence-electron chi connectivity index (χ3n) is 4.61. The molecule has 5 aromatic rings. The number of aromatic amines is 1. The zero-order chi connectivity index (χ0) is 18.2. The number of hydrogen-bond donors (Lipinski definition) is 1. The summed E-state index contributed by atoms with van der Waals surface area (Å²) >= 11 is 0. The van der Waals surface area contributed by atoms with Gasteiger partial charge in [0.15, 0.2) is 11.5 Å². The van der Waals surface area contributed by atoms with E-state index in [4.69, 9.17) is 0 Å². The van der Waals surface area contributed by atoms with Crippen LogP contribution in [0.4, 0.5) is 0 Å². The molecule has 0 saturated heterocycles. The maximum atomic E-state index is 4.56. The fraction of sp³-hybridized carbons (Fsp3) is 0.0455.